The Morgan fingerprint density at radius 3 is 2.43 bits per heavy atom. The Kier molecular flexibility index (Phi) is 5.02. The fraction of sp³-hybridized carbons (Fsp3) is 0.400. The van der Waals surface area contributed by atoms with E-state index < -0.39 is 17.6 Å². The number of halogens is 3. The van der Waals surface area contributed by atoms with E-state index in [1.54, 1.807) is 4.68 Å². The second-order valence-corrected chi connectivity index (χ2v) is 4.94. The smallest absolute Gasteiger partial charge is 0.342 e. The summed E-state index contributed by atoms with van der Waals surface area (Å²) < 4.78 is 39.3. The van der Waals surface area contributed by atoms with Gasteiger partial charge in [0.25, 0.3) is 5.91 Å². The fourth-order valence-electron chi connectivity index (χ4n) is 2.19. The van der Waals surface area contributed by atoms with Crippen LogP contribution in [0.5, 0.6) is 0 Å². The number of alkyl halides is 3. The summed E-state index contributed by atoms with van der Waals surface area (Å²) in [6.45, 7) is 4.40. The van der Waals surface area contributed by atoms with Crippen LogP contribution < -0.4 is 5.32 Å². The number of amides is 1. The van der Waals surface area contributed by atoms with E-state index in [1.165, 1.54) is 6.33 Å². The van der Waals surface area contributed by atoms with E-state index in [0.717, 1.165) is 24.3 Å². The summed E-state index contributed by atoms with van der Waals surface area (Å²) in [5.41, 5.74) is -0.620. The summed E-state index contributed by atoms with van der Waals surface area (Å²) in [4.78, 5) is 16.4. The van der Waals surface area contributed by atoms with Gasteiger partial charge >= 0.3 is 6.18 Å². The van der Waals surface area contributed by atoms with Crippen LogP contribution in [0.4, 0.5) is 13.2 Å². The van der Waals surface area contributed by atoms with Gasteiger partial charge in [-0.3, -0.25) is 4.79 Å². The molecule has 2 aromatic rings. The van der Waals surface area contributed by atoms with E-state index in [4.69, 9.17) is 0 Å². The Hall–Kier alpha value is -2.38. The lowest BCUT2D eigenvalue weighted by Crippen LogP contribution is -2.30. The predicted octanol–water partition coefficient (Wildman–Crippen LogP) is 3.20. The highest BCUT2D eigenvalue weighted by atomic mass is 19.4. The number of rotatable bonds is 5. The van der Waals surface area contributed by atoms with Gasteiger partial charge in [-0.2, -0.15) is 18.3 Å². The monoisotopic (exact) mass is 326 g/mol. The number of aryl methyl sites for hydroxylation is 1. The van der Waals surface area contributed by atoms with Crippen molar-refractivity contribution in [3.63, 3.8) is 0 Å². The van der Waals surface area contributed by atoms with Crippen LogP contribution in [0.2, 0.25) is 0 Å². The molecule has 124 valence electrons. The van der Waals surface area contributed by atoms with Crippen LogP contribution in [-0.4, -0.2) is 20.7 Å². The summed E-state index contributed by atoms with van der Waals surface area (Å²) in [5.74, 6) is 0.173. The molecule has 1 aromatic carbocycles. The molecule has 0 fully saturated rings. The molecule has 0 saturated carbocycles. The van der Waals surface area contributed by atoms with E-state index in [1.807, 2.05) is 13.8 Å². The first kappa shape index (κ1) is 17.0. The molecule has 5 nitrogen and oxygen atoms in total. The Balaban J connectivity index is 2.14. The molecule has 0 aliphatic rings. The van der Waals surface area contributed by atoms with Crippen molar-refractivity contribution in [2.75, 3.05) is 0 Å². The third-order valence-electron chi connectivity index (χ3n) is 3.44. The van der Waals surface area contributed by atoms with Gasteiger partial charge in [-0.1, -0.05) is 6.92 Å². The standard InChI is InChI=1S/C15H17F3N4O/c1-3-12(13-19-9-20-22(13)4-2)21-14(23)10-5-7-11(8-6-10)15(16,17)18/h5-9,12H,3-4H2,1-2H3,(H,21,23)/t12-/m0/s1. The largest absolute Gasteiger partial charge is 0.416 e. The van der Waals surface area contributed by atoms with Crippen LogP contribution in [0.15, 0.2) is 30.6 Å². The molecule has 0 radical (unpaired) electrons. The maximum atomic E-state index is 12.5. The SMILES string of the molecule is CC[C@H](NC(=O)c1ccc(C(F)(F)F)cc1)c1ncnn1CC. The van der Waals surface area contributed by atoms with E-state index in [-0.39, 0.29) is 11.6 Å². The summed E-state index contributed by atoms with van der Waals surface area (Å²) >= 11 is 0. The van der Waals surface area contributed by atoms with Crippen LogP contribution >= 0.6 is 0 Å². The zero-order chi connectivity index (χ0) is 17.0. The molecule has 0 aliphatic carbocycles. The van der Waals surface area contributed by atoms with Crippen LogP contribution in [0, 0.1) is 0 Å². The van der Waals surface area contributed by atoms with Crippen LogP contribution in [-0.2, 0) is 12.7 Å². The van der Waals surface area contributed by atoms with Crippen molar-refractivity contribution in [2.24, 2.45) is 0 Å². The number of nitrogens with one attached hydrogen (secondary N) is 1. The van der Waals surface area contributed by atoms with E-state index >= 15 is 0 Å². The minimum absolute atomic E-state index is 0.166. The van der Waals surface area contributed by atoms with Crippen molar-refractivity contribution in [2.45, 2.75) is 39.0 Å². The Morgan fingerprint density at radius 1 is 1.26 bits per heavy atom. The van der Waals surface area contributed by atoms with Crippen molar-refractivity contribution in [1.29, 1.82) is 0 Å². The number of hydrogen-bond acceptors (Lipinski definition) is 3. The highest BCUT2D eigenvalue weighted by Crippen LogP contribution is 2.29. The second kappa shape index (κ2) is 6.80. The van der Waals surface area contributed by atoms with Gasteiger partial charge < -0.3 is 5.32 Å². The molecule has 0 saturated heterocycles. The molecule has 8 heteroatoms. The van der Waals surface area contributed by atoms with Gasteiger partial charge in [0.2, 0.25) is 0 Å². The lowest BCUT2D eigenvalue weighted by Gasteiger charge is -2.17. The van der Waals surface area contributed by atoms with Gasteiger partial charge in [0.15, 0.2) is 0 Å². The Labute approximate surface area is 131 Å². The first-order valence-corrected chi connectivity index (χ1v) is 7.22. The Morgan fingerprint density at radius 2 is 1.91 bits per heavy atom. The van der Waals surface area contributed by atoms with Gasteiger partial charge in [0.05, 0.1) is 11.6 Å². The van der Waals surface area contributed by atoms with Crippen molar-refractivity contribution < 1.29 is 18.0 Å². The molecule has 1 heterocycles. The maximum Gasteiger partial charge on any atom is 0.416 e. The minimum Gasteiger partial charge on any atom is -0.342 e. The van der Waals surface area contributed by atoms with Gasteiger partial charge in [0, 0.05) is 12.1 Å². The fourth-order valence-corrected chi connectivity index (χ4v) is 2.19. The molecular formula is C15H17F3N4O. The summed E-state index contributed by atoms with van der Waals surface area (Å²) in [6.07, 6.45) is -2.42. The molecule has 0 spiro atoms. The summed E-state index contributed by atoms with van der Waals surface area (Å²) in [5, 5.41) is 6.83. The molecule has 0 aliphatic heterocycles. The van der Waals surface area contributed by atoms with E-state index in [0.29, 0.717) is 18.8 Å². The maximum absolute atomic E-state index is 12.5. The summed E-state index contributed by atoms with van der Waals surface area (Å²) in [6, 6.07) is 3.76. The molecular weight excluding hydrogens is 309 g/mol. The molecule has 2 rings (SSSR count). The number of carbonyl (C=O) groups excluding carboxylic acids is 1. The lowest BCUT2D eigenvalue weighted by atomic mass is 10.1. The predicted molar refractivity (Wildman–Crippen MR) is 77.6 cm³/mol. The highest BCUT2D eigenvalue weighted by molar-refractivity contribution is 5.94. The Bertz CT molecular complexity index is 664. The number of aromatic nitrogens is 3. The molecule has 1 N–H and O–H groups in total. The van der Waals surface area contributed by atoms with Crippen molar-refractivity contribution in [1.82, 2.24) is 20.1 Å². The first-order chi connectivity index (χ1) is 10.9. The topological polar surface area (TPSA) is 59.8 Å². The van der Waals surface area contributed by atoms with Crippen molar-refractivity contribution >= 4 is 5.91 Å². The first-order valence-electron chi connectivity index (χ1n) is 7.22. The van der Waals surface area contributed by atoms with Gasteiger partial charge in [0.1, 0.15) is 12.2 Å². The average Bonchev–Trinajstić information content (AvgIpc) is 3.00. The van der Waals surface area contributed by atoms with Crippen LogP contribution in [0.25, 0.3) is 0 Å². The number of carbonyl (C=O) groups is 1. The molecule has 23 heavy (non-hydrogen) atoms. The zero-order valence-corrected chi connectivity index (χ0v) is 12.8. The number of hydrogen-bond donors (Lipinski definition) is 1. The second-order valence-electron chi connectivity index (χ2n) is 4.94. The molecule has 0 bridgehead atoms. The van der Waals surface area contributed by atoms with Gasteiger partial charge in [-0.05, 0) is 37.6 Å². The van der Waals surface area contributed by atoms with Gasteiger partial charge in [-0.15, -0.1) is 0 Å². The van der Waals surface area contributed by atoms with Crippen molar-refractivity contribution in [3.05, 3.63) is 47.5 Å². The normalized spacial score (nSPS) is 12.9. The lowest BCUT2D eigenvalue weighted by molar-refractivity contribution is -0.137. The average molecular weight is 326 g/mol. The van der Waals surface area contributed by atoms with Crippen LogP contribution in [0.1, 0.15) is 48.1 Å². The summed E-state index contributed by atoms with van der Waals surface area (Å²) in [7, 11) is 0. The number of nitrogens with zero attached hydrogens (tertiary/aromatic N) is 3. The molecule has 1 amide bonds. The molecule has 1 aromatic heterocycles. The number of benzene rings is 1. The zero-order valence-electron chi connectivity index (χ0n) is 12.8. The van der Waals surface area contributed by atoms with Gasteiger partial charge in [-0.25, -0.2) is 9.67 Å². The third kappa shape index (κ3) is 3.88. The van der Waals surface area contributed by atoms with E-state index in [9.17, 15) is 18.0 Å². The molecule has 0 unspecified atom stereocenters. The minimum atomic E-state index is -4.42. The molecule has 1 atom stereocenters. The highest BCUT2D eigenvalue weighted by Gasteiger charge is 2.30. The third-order valence-corrected chi connectivity index (χ3v) is 3.44. The van der Waals surface area contributed by atoms with Crippen LogP contribution in [0.3, 0.4) is 0 Å². The van der Waals surface area contributed by atoms with E-state index in [2.05, 4.69) is 15.4 Å². The van der Waals surface area contributed by atoms with Crippen molar-refractivity contribution in [3.8, 4) is 0 Å². The quantitative estimate of drug-likeness (QED) is 0.918.